The lowest BCUT2D eigenvalue weighted by Gasteiger charge is -2.33. The SMILES string of the molecule is CCNC(=NCc1ccc(N2CCC(CO)CC2)cc1)N(C)CCC1CCOCC1.I. The molecule has 2 N–H and O–H groups in total. The van der Waals surface area contributed by atoms with Gasteiger partial charge in [-0.2, -0.15) is 0 Å². The third-order valence-electron chi connectivity index (χ3n) is 6.50. The molecule has 0 radical (unpaired) electrons. The van der Waals surface area contributed by atoms with Crippen LogP contribution in [0.2, 0.25) is 0 Å². The van der Waals surface area contributed by atoms with Gasteiger partial charge in [0.25, 0.3) is 0 Å². The van der Waals surface area contributed by atoms with Gasteiger partial charge in [-0.3, -0.25) is 0 Å². The monoisotopic (exact) mass is 544 g/mol. The van der Waals surface area contributed by atoms with Crippen molar-refractivity contribution in [3.8, 4) is 0 Å². The number of aliphatic imine (C=N–C) groups is 1. The molecule has 1 aromatic rings. The average Bonchev–Trinajstić information content (AvgIpc) is 2.81. The van der Waals surface area contributed by atoms with Crippen LogP contribution in [-0.2, 0) is 11.3 Å². The molecule has 2 saturated heterocycles. The van der Waals surface area contributed by atoms with Gasteiger partial charge < -0.3 is 25.0 Å². The molecular formula is C24H41IN4O2. The van der Waals surface area contributed by atoms with Crippen molar-refractivity contribution >= 4 is 35.6 Å². The number of guanidine groups is 1. The lowest BCUT2D eigenvalue weighted by molar-refractivity contribution is 0.0625. The Morgan fingerprint density at radius 2 is 1.81 bits per heavy atom. The van der Waals surface area contributed by atoms with Gasteiger partial charge in [-0.25, -0.2) is 4.99 Å². The van der Waals surface area contributed by atoms with Gasteiger partial charge in [0, 0.05) is 58.7 Å². The standard InChI is InChI=1S/C24H40N4O2.HI/c1-3-25-24(27(2)13-8-20-11-16-30-17-12-20)26-18-21-4-6-23(7-5-21)28-14-9-22(19-29)10-15-28;/h4-7,20,22,29H,3,8-19H2,1-2H3,(H,25,26);1H. The highest BCUT2D eigenvalue weighted by Crippen LogP contribution is 2.23. The summed E-state index contributed by atoms with van der Waals surface area (Å²) in [5.74, 6) is 2.24. The number of piperidine rings is 1. The number of aliphatic hydroxyl groups excluding tert-OH is 1. The number of hydrogen-bond acceptors (Lipinski definition) is 4. The van der Waals surface area contributed by atoms with E-state index in [4.69, 9.17) is 9.73 Å². The number of hydrogen-bond donors (Lipinski definition) is 2. The molecule has 2 heterocycles. The summed E-state index contributed by atoms with van der Waals surface area (Å²) in [4.78, 5) is 9.56. The lowest BCUT2D eigenvalue weighted by Crippen LogP contribution is -2.40. The summed E-state index contributed by atoms with van der Waals surface area (Å²) in [5.41, 5.74) is 2.51. The Morgan fingerprint density at radius 1 is 1.13 bits per heavy atom. The highest BCUT2D eigenvalue weighted by atomic mass is 127. The van der Waals surface area contributed by atoms with Crippen molar-refractivity contribution in [3.05, 3.63) is 29.8 Å². The van der Waals surface area contributed by atoms with E-state index >= 15 is 0 Å². The van der Waals surface area contributed by atoms with Gasteiger partial charge in [0.15, 0.2) is 5.96 Å². The normalized spacial score (nSPS) is 18.5. The van der Waals surface area contributed by atoms with Crippen LogP contribution in [0.25, 0.3) is 0 Å². The number of nitrogens with zero attached hydrogens (tertiary/aromatic N) is 3. The molecule has 1 aromatic carbocycles. The number of aliphatic hydroxyl groups is 1. The van der Waals surface area contributed by atoms with Crippen molar-refractivity contribution in [2.24, 2.45) is 16.8 Å². The molecule has 31 heavy (non-hydrogen) atoms. The molecule has 7 heteroatoms. The summed E-state index contributed by atoms with van der Waals surface area (Å²) in [5, 5.41) is 12.8. The predicted octanol–water partition coefficient (Wildman–Crippen LogP) is 3.73. The Balaban J connectivity index is 0.00000341. The quantitative estimate of drug-likeness (QED) is 0.297. The van der Waals surface area contributed by atoms with Gasteiger partial charge in [-0.1, -0.05) is 12.1 Å². The number of benzene rings is 1. The molecule has 2 aliphatic heterocycles. The molecule has 0 spiro atoms. The maximum atomic E-state index is 9.32. The molecule has 0 aliphatic carbocycles. The Labute approximate surface area is 205 Å². The zero-order valence-corrected chi connectivity index (χ0v) is 21.6. The van der Waals surface area contributed by atoms with E-state index in [9.17, 15) is 5.11 Å². The van der Waals surface area contributed by atoms with Crippen LogP contribution in [0, 0.1) is 11.8 Å². The highest BCUT2D eigenvalue weighted by Gasteiger charge is 2.18. The molecule has 0 atom stereocenters. The van der Waals surface area contributed by atoms with Crippen LogP contribution in [0.5, 0.6) is 0 Å². The number of rotatable bonds is 8. The van der Waals surface area contributed by atoms with Gasteiger partial charge in [0.2, 0.25) is 0 Å². The van der Waals surface area contributed by atoms with Crippen molar-refractivity contribution in [2.45, 2.75) is 45.6 Å². The zero-order chi connectivity index (χ0) is 21.2. The smallest absolute Gasteiger partial charge is 0.193 e. The molecule has 3 rings (SSSR count). The van der Waals surface area contributed by atoms with Crippen molar-refractivity contribution in [3.63, 3.8) is 0 Å². The zero-order valence-electron chi connectivity index (χ0n) is 19.3. The number of ether oxygens (including phenoxy) is 1. The van der Waals surface area contributed by atoms with Gasteiger partial charge in [0.1, 0.15) is 0 Å². The fourth-order valence-corrected chi connectivity index (χ4v) is 4.34. The first-order valence-electron chi connectivity index (χ1n) is 11.7. The number of nitrogens with one attached hydrogen (secondary N) is 1. The van der Waals surface area contributed by atoms with Crippen LogP contribution in [0.15, 0.2) is 29.3 Å². The molecular weight excluding hydrogens is 503 g/mol. The summed E-state index contributed by atoms with van der Waals surface area (Å²) in [6.07, 6.45) is 5.73. The maximum Gasteiger partial charge on any atom is 0.193 e. The number of halogens is 1. The second-order valence-corrected chi connectivity index (χ2v) is 8.72. The van der Waals surface area contributed by atoms with E-state index in [-0.39, 0.29) is 24.0 Å². The second-order valence-electron chi connectivity index (χ2n) is 8.72. The molecule has 0 unspecified atom stereocenters. The summed E-state index contributed by atoms with van der Waals surface area (Å²) in [7, 11) is 2.14. The van der Waals surface area contributed by atoms with Crippen LogP contribution in [0.4, 0.5) is 5.69 Å². The summed E-state index contributed by atoms with van der Waals surface area (Å²) >= 11 is 0. The van der Waals surface area contributed by atoms with E-state index in [1.165, 1.54) is 30.5 Å². The topological polar surface area (TPSA) is 60.3 Å². The first kappa shape index (κ1) is 26.2. The van der Waals surface area contributed by atoms with E-state index in [2.05, 4.69) is 53.4 Å². The molecule has 6 nitrogen and oxygen atoms in total. The number of anilines is 1. The molecule has 2 aliphatic rings. The molecule has 2 fully saturated rings. The summed E-state index contributed by atoms with van der Waals surface area (Å²) < 4.78 is 5.47. The molecule has 0 saturated carbocycles. The minimum atomic E-state index is 0. The Kier molecular flexibility index (Phi) is 12.0. The molecule has 0 amide bonds. The van der Waals surface area contributed by atoms with Gasteiger partial charge in [-0.05, 0) is 68.6 Å². The fourth-order valence-electron chi connectivity index (χ4n) is 4.34. The summed E-state index contributed by atoms with van der Waals surface area (Å²) in [6, 6.07) is 8.82. The molecule has 176 valence electrons. The van der Waals surface area contributed by atoms with Crippen LogP contribution in [0.3, 0.4) is 0 Å². The minimum absolute atomic E-state index is 0. The van der Waals surface area contributed by atoms with Gasteiger partial charge in [-0.15, -0.1) is 24.0 Å². The Hall–Kier alpha value is -1.06. The van der Waals surface area contributed by atoms with Gasteiger partial charge in [0.05, 0.1) is 6.54 Å². The van der Waals surface area contributed by atoms with E-state index in [0.29, 0.717) is 19.1 Å². The van der Waals surface area contributed by atoms with Gasteiger partial charge >= 0.3 is 0 Å². The average molecular weight is 545 g/mol. The van der Waals surface area contributed by atoms with E-state index < -0.39 is 0 Å². The van der Waals surface area contributed by atoms with Crippen molar-refractivity contribution in [2.75, 3.05) is 57.9 Å². The van der Waals surface area contributed by atoms with Crippen LogP contribution >= 0.6 is 24.0 Å². The van der Waals surface area contributed by atoms with E-state index in [1.807, 2.05) is 0 Å². The summed E-state index contributed by atoms with van der Waals surface area (Å²) in [6.45, 7) is 8.94. The lowest BCUT2D eigenvalue weighted by atomic mass is 9.96. The van der Waals surface area contributed by atoms with E-state index in [1.54, 1.807) is 0 Å². The largest absolute Gasteiger partial charge is 0.396 e. The Bertz CT molecular complexity index is 641. The second kappa shape index (κ2) is 14.2. The highest BCUT2D eigenvalue weighted by molar-refractivity contribution is 14.0. The molecule has 0 aromatic heterocycles. The third kappa shape index (κ3) is 8.42. The fraction of sp³-hybridized carbons (Fsp3) is 0.708. The first-order chi connectivity index (χ1) is 14.7. The Morgan fingerprint density at radius 3 is 2.42 bits per heavy atom. The third-order valence-corrected chi connectivity index (χ3v) is 6.50. The minimum Gasteiger partial charge on any atom is -0.396 e. The van der Waals surface area contributed by atoms with Crippen LogP contribution < -0.4 is 10.2 Å². The van der Waals surface area contributed by atoms with Crippen molar-refractivity contribution in [1.29, 1.82) is 0 Å². The van der Waals surface area contributed by atoms with Crippen LogP contribution in [0.1, 0.15) is 44.6 Å². The van der Waals surface area contributed by atoms with Crippen LogP contribution in [-0.4, -0.2) is 69.0 Å². The molecule has 0 bridgehead atoms. The predicted molar refractivity (Wildman–Crippen MR) is 139 cm³/mol. The first-order valence-corrected chi connectivity index (χ1v) is 11.7. The van der Waals surface area contributed by atoms with E-state index in [0.717, 1.165) is 64.1 Å². The maximum absolute atomic E-state index is 9.32. The van der Waals surface area contributed by atoms with Crippen molar-refractivity contribution < 1.29 is 9.84 Å². The van der Waals surface area contributed by atoms with Crippen molar-refractivity contribution in [1.82, 2.24) is 10.2 Å².